The second-order valence-corrected chi connectivity index (χ2v) is 13.8. The molecule has 0 N–H and O–H groups in total. The fourth-order valence-corrected chi connectivity index (χ4v) is 9.43. The zero-order valence-electron chi connectivity index (χ0n) is 17.6. The van der Waals surface area contributed by atoms with Gasteiger partial charge in [-0.25, -0.2) is 0 Å². The molecule has 0 saturated carbocycles. The van der Waals surface area contributed by atoms with Crippen molar-refractivity contribution in [3.8, 4) is 0 Å². The molecule has 0 fully saturated rings. The Labute approximate surface area is 207 Å². The van der Waals surface area contributed by atoms with Gasteiger partial charge >= 0.3 is 208 Å². The summed E-state index contributed by atoms with van der Waals surface area (Å²) in [6.45, 7) is 1.44. The molecule has 0 spiro atoms. The van der Waals surface area contributed by atoms with Crippen LogP contribution in [0.15, 0.2) is 59.5 Å². The number of rotatable bonds is 9. The standard InChI is InChI=1S/C19H12F13IO3S/c1-11-7-9-13(10-8-11)37(34,35)36-33(12-5-3-2-4-6-12)19(31,32)17(26,27)15(22,23)14(20,21)16(24,25)18(28,29)30/h2-10H,1H3. The SMILES string of the molecule is Cc1ccc(S(=O)(=O)OI(c2ccccc2)C(F)(F)C(F)(F)C(F)(F)C(F)(F)C(F)(F)C(F)(F)F)cc1. The van der Waals surface area contributed by atoms with Crippen LogP contribution in [0.25, 0.3) is 0 Å². The van der Waals surface area contributed by atoms with Crippen LogP contribution in [0.5, 0.6) is 0 Å². The normalized spacial score (nSPS) is 15.0. The van der Waals surface area contributed by atoms with Crippen LogP contribution in [0, 0.1) is 10.5 Å². The van der Waals surface area contributed by atoms with Gasteiger partial charge < -0.3 is 0 Å². The van der Waals surface area contributed by atoms with Gasteiger partial charge in [0.25, 0.3) is 0 Å². The fraction of sp³-hybridized carbons (Fsp3) is 0.368. The van der Waals surface area contributed by atoms with E-state index in [0.717, 1.165) is 42.5 Å². The van der Waals surface area contributed by atoms with Gasteiger partial charge in [0.2, 0.25) is 0 Å². The third-order valence-electron chi connectivity index (χ3n) is 4.50. The average molecular weight is 694 g/mol. The van der Waals surface area contributed by atoms with Crippen molar-refractivity contribution in [1.29, 1.82) is 0 Å². The van der Waals surface area contributed by atoms with Crippen LogP contribution in [0.4, 0.5) is 57.1 Å². The zero-order chi connectivity index (χ0) is 28.9. The molecule has 2 rings (SSSR count). The van der Waals surface area contributed by atoms with E-state index in [-0.39, 0.29) is 0 Å². The van der Waals surface area contributed by atoms with Crippen molar-refractivity contribution >= 4 is 30.4 Å². The molecule has 0 heterocycles. The fourth-order valence-electron chi connectivity index (χ4n) is 2.42. The molecule has 0 amide bonds. The molecule has 0 aromatic heterocycles. The first-order valence-corrected chi connectivity index (χ1v) is 13.6. The topological polar surface area (TPSA) is 43.4 Å². The van der Waals surface area contributed by atoms with Gasteiger partial charge in [0.1, 0.15) is 0 Å². The molecule has 2 aromatic rings. The average Bonchev–Trinajstić information content (AvgIpc) is 2.77. The van der Waals surface area contributed by atoms with E-state index in [9.17, 15) is 65.5 Å². The Kier molecular flexibility index (Phi) is 8.25. The molecule has 3 nitrogen and oxygen atoms in total. The Morgan fingerprint density at radius 2 is 1.05 bits per heavy atom. The third-order valence-corrected chi connectivity index (χ3v) is 11.9. The Morgan fingerprint density at radius 1 is 0.622 bits per heavy atom. The number of alkyl halides is 14. The van der Waals surface area contributed by atoms with Crippen molar-refractivity contribution in [3.63, 3.8) is 0 Å². The molecule has 37 heavy (non-hydrogen) atoms. The Bertz CT molecular complexity index is 1200. The van der Waals surface area contributed by atoms with Crippen molar-refractivity contribution < 1.29 is 68.0 Å². The van der Waals surface area contributed by atoms with Gasteiger partial charge in [-0.3, -0.25) is 0 Å². The number of halogens is 14. The third kappa shape index (κ3) is 5.24. The van der Waals surface area contributed by atoms with Crippen LogP contribution in [-0.4, -0.2) is 42.2 Å². The minimum atomic E-state index is -8.11. The van der Waals surface area contributed by atoms with Gasteiger partial charge in [-0.2, -0.15) is 0 Å². The molecule has 0 saturated heterocycles. The summed E-state index contributed by atoms with van der Waals surface area (Å²) < 4.78 is 199. The molecule has 2 aromatic carbocycles. The molecule has 0 atom stereocenters. The van der Waals surface area contributed by atoms with Crippen molar-refractivity contribution in [3.05, 3.63) is 63.7 Å². The monoisotopic (exact) mass is 694 g/mol. The van der Waals surface area contributed by atoms with Crippen LogP contribution in [0.3, 0.4) is 0 Å². The van der Waals surface area contributed by atoms with Gasteiger partial charge in [-0.15, -0.1) is 0 Å². The Balaban J connectivity index is 2.71. The Morgan fingerprint density at radius 3 is 1.49 bits per heavy atom. The van der Waals surface area contributed by atoms with Crippen LogP contribution in [0.1, 0.15) is 5.56 Å². The maximum absolute atomic E-state index is 15.0. The van der Waals surface area contributed by atoms with Crippen LogP contribution >= 0.6 is 20.2 Å². The van der Waals surface area contributed by atoms with E-state index in [1.165, 1.54) is 6.92 Å². The summed E-state index contributed by atoms with van der Waals surface area (Å²) in [6.07, 6.45) is -7.56. The maximum atomic E-state index is 15.0. The second-order valence-electron chi connectivity index (χ2n) is 7.17. The van der Waals surface area contributed by atoms with Crippen molar-refractivity contribution in [2.75, 3.05) is 0 Å². The summed E-state index contributed by atoms with van der Waals surface area (Å²) in [5, 5.41) is 0. The van der Waals surface area contributed by atoms with E-state index in [1.807, 2.05) is 0 Å². The molecular formula is C19H12F13IO3S. The van der Waals surface area contributed by atoms with E-state index >= 15 is 0 Å². The van der Waals surface area contributed by atoms with Gasteiger partial charge in [0.15, 0.2) is 0 Å². The van der Waals surface area contributed by atoms with E-state index in [4.69, 9.17) is 0 Å². The van der Waals surface area contributed by atoms with Crippen molar-refractivity contribution in [1.82, 2.24) is 0 Å². The first kappa shape index (κ1) is 31.4. The zero-order valence-corrected chi connectivity index (χ0v) is 20.6. The number of hydrogen-bond acceptors (Lipinski definition) is 3. The van der Waals surface area contributed by atoms with Crippen molar-refractivity contribution in [2.24, 2.45) is 0 Å². The van der Waals surface area contributed by atoms with E-state index in [1.54, 1.807) is 0 Å². The summed E-state index contributed by atoms with van der Waals surface area (Å²) in [6, 6.07) is 7.23. The summed E-state index contributed by atoms with van der Waals surface area (Å²) in [5.41, 5.74) is 0.404. The van der Waals surface area contributed by atoms with Crippen LogP contribution in [0.2, 0.25) is 0 Å². The molecule has 0 aliphatic carbocycles. The summed E-state index contributed by atoms with van der Waals surface area (Å²) in [4.78, 5) is -0.962. The summed E-state index contributed by atoms with van der Waals surface area (Å²) in [7, 11) is -5.50. The van der Waals surface area contributed by atoms with E-state index in [2.05, 4.69) is 2.51 Å². The molecule has 0 radical (unpaired) electrons. The second kappa shape index (κ2) is 9.73. The van der Waals surface area contributed by atoms with Gasteiger partial charge in [-0.05, 0) is 0 Å². The first-order valence-electron chi connectivity index (χ1n) is 9.18. The van der Waals surface area contributed by atoms with Crippen LogP contribution < -0.4 is 0 Å². The van der Waals surface area contributed by atoms with Gasteiger partial charge in [0.05, 0.1) is 0 Å². The predicted molar refractivity (Wildman–Crippen MR) is 109 cm³/mol. The first-order chi connectivity index (χ1) is 16.4. The van der Waals surface area contributed by atoms with Crippen molar-refractivity contribution in [2.45, 2.75) is 45.6 Å². The number of benzene rings is 2. The molecule has 0 bridgehead atoms. The minimum absolute atomic E-state index is 0.404. The molecular weight excluding hydrogens is 682 g/mol. The number of hydrogen-bond donors (Lipinski definition) is 0. The molecule has 18 heteroatoms. The molecule has 0 aliphatic rings. The molecule has 0 aliphatic heterocycles. The van der Waals surface area contributed by atoms with E-state index in [0.29, 0.717) is 17.7 Å². The van der Waals surface area contributed by atoms with E-state index < -0.39 is 72.6 Å². The number of aryl methyl sites for hydroxylation is 1. The Hall–Kier alpha value is -1.83. The quantitative estimate of drug-likeness (QED) is 0.154. The van der Waals surface area contributed by atoms with Gasteiger partial charge in [0, 0.05) is 0 Å². The molecule has 210 valence electrons. The predicted octanol–water partition coefficient (Wildman–Crippen LogP) is 7.69. The summed E-state index contributed by atoms with van der Waals surface area (Å²) >= 11 is -6.26. The molecule has 0 unspecified atom stereocenters. The summed E-state index contributed by atoms with van der Waals surface area (Å²) in [5.74, 6) is -31.8. The van der Waals surface area contributed by atoms with Gasteiger partial charge in [-0.1, -0.05) is 0 Å². The van der Waals surface area contributed by atoms with Crippen LogP contribution in [-0.2, 0) is 12.6 Å².